The topological polar surface area (TPSA) is 8.17 Å². The van der Waals surface area contributed by atoms with Crippen molar-refractivity contribution in [3.63, 3.8) is 0 Å². The lowest BCUT2D eigenvalue weighted by atomic mass is 9.95. The minimum atomic E-state index is 1.09. The van der Waals surface area contributed by atoms with Gasteiger partial charge in [0.15, 0.2) is 0 Å². The smallest absolute Gasteiger partial charge is 0.0547 e. The lowest BCUT2D eigenvalue weighted by Crippen LogP contribution is -2.09. The molecule has 0 aliphatic carbocycles. The monoisotopic (exact) mass is 866 g/mol. The molecule has 11 aromatic carbocycles. The van der Waals surface area contributed by atoms with Gasteiger partial charge in [-0.15, -0.1) is 0 Å². The SMILES string of the molecule is c1ccc(-c2ccc(N(c3ccc(-c4ccccc4)cc3)c3ccc(-c4ccc(-c5ccccc5-n5c6cccc(-c7ccccc7)c6c6c(-c7ccccc7)cccc65)cc4)cc3)cc2)cc1. The van der Waals surface area contributed by atoms with Gasteiger partial charge >= 0.3 is 0 Å². The largest absolute Gasteiger partial charge is 0.311 e. The van der Waals surface area contributed by atoms with Crippen LogP contribution in [-0.2, 0) is 0 Å². The summed E-state index contributed by atoms with van der Waals surface area (Å²) in [5.74, 6) is 0. The highest BCUT2D eigenvalue weighted by atomic mass is 15.1. The molecule has 0 saturated carbocycles. The second-order valence-corrected chi connectivity index (χ2v) is 17.3. The molecule has 0 aliphatic rings. The van der Waals surface area contributed by atoms with E-state index in [1.54, 1.807) is 0 Å². The summed E-state index contributed by atoms with van der Waals surface area (Å²) in [6.45, 7) is 0. The predicted octanol–water partition coefficient (Wildman–Crippen LogP) is 18.3. The van der Waals surface area contributed by atoms with E-state index in [2.05, 4.69) is 289 Å². The van der Waals surface area contributed by atoms with Crippen LogP contribution in [0, 0.1) is 0 Å². The summed E-state index contributed by atoms with van der Waals surface area (Å²) in [5, 5.41) is 2.52. The van der Waals surface area contributed by atoms with Gasteiger partial charge in [0, 0.05) is 33.4 Å². The molecule has 12 rings (SSSR count). The summed E-state index contributed by atoms with van der Waals surface area (Å²) in [6, 6.07) is 101. The first-order chi connectivity index (χ1) is 33.7. The van der Waals surface area contributed by atoms with Crippen LogP contribution in [0.5, 0.6) is 0 Å². The van der Waals surface area contributed by atoms with Gasteiger partial charge in [-0.05, 0) is 116 Å². The Labute approximate surface area is 397 Å². The normalized spacial score (nSPS) is 11.2. The second kappa shape index (κ2) is 17.8. The van der Waals surface area contributed by atoms with Crippen LogP contribution >= 0.6 is 0 Å². The van der Waals surface area contributed by atoms with E-state index in [0.717, 1.165) is 28.3 Å². The fraction of sp³-hybridized carbons (Fsp3) is 0. The van der Waals surface area contributed by atoms with Gasteiger partial charge in [0.05, 0.1) is 16.7 Å². The quantitative estimate of drug-likeness (QED) is 0.133. The lowest BCUT2D eigenvalue weighted by molar-refractivity contribution is 1.18. The number of rotatable bonds is 10. The number of benzene rings is 11. The lowest BCUT2D eigenvalue weighted by Gasteiger charge is -2.26. The minimum Gasteiger partial charge on any atom is -0.311 e. The molecule has 1 aromatic heterocycles. The second-order valence-electron chi connectivity index (χ2n) is 17.3. The number of aromatic nitrogens is 1. The maximum Gasteiger partial charge on any atom is 0.0547 e. The van der Waals surface area contributed by atoms with Gasteiger partial charge < -0.3 is 9.47 Å². The molecule has 12 aromatic rings. The van der Waals surface area contributed by atoms with Crippen LogP contribution in [0.3, 0.4) is 0 Å². The van der Waals surface area contributed by atoms with Crippen LogP contribution in [0.25, 0.3) is 94.3 Å². The van der Waals surface area contributed by atoms with Gasteiger partial charge in [0.25, 0.3) is 0 Å². The number of anilines is 3. The molecule has 0 aliphatic heterocycles. The van der Waals surface area contributed by atoms with Gasteiger partial charge in [-0.25, -0.2) is 0 Å². The molecule has 0 radical (unpaired) electrons. The zero-order valence-electron chi connectivity index (χ0n) is 37.5. The standard InChI is InChI=1S/C66H46N2/c1-5-17-47(18-6-1)50-35-41-56(42-36-50)67(57-43-37-51(38-44-57)48-19-7-2-8-20-48)58-45-39-52(40-46-58)49-31-33-55(34-32-49)59-25-13-14-28-62(59)68-63-29-15-26-60(53-21-9-3-10-22-53)65(63)66-61(27-16-30-64(66)68)54-23-11-4-12-24-54/h1-46H. The molecule has 320 valence electrons. The molecule has 0 bridgehead atoms. The van der Waals surface area contributed by atoms with Crippen molar-refractivity contribution in [2.24, 2.45) is 0 Å². The summed E-state index contributed by atoms with van der Waals surface area (Å²) in [6.07, 6.45) is 0. The number of nitrogens with zero attached hydrogens (tertiary/aromatic N) is 2. The number of hydrogen-bond donors (Lipinski definition) is 0. The average molecular weight is 867 g/mol. The van der Waals surface area contributed by atoms with Crippen molar-refractivity contribution >= 4 is 38.9 Å². The molecule has 68 heavy (non-hydrogen) atoms. The molecule has 2 nitrogen and oxygen atoms in total. The summed E-state index contributed by atoms with van der Waals surface area (Å²) >= 11 is 0. The van der Waals surface area contributed by atoms with Crippen LogP contribution < -0.4 is 4.90 Å². The van der Waals surface area contributed by atoms with Crippen LogP contribution in [0.15, 0.2) is 279 Å². The van der Waals surface area contributed by atoms with Gasteiger partial charge in [0.1, 0.15) is 0 Å². The summed E-state index contributed by atoms with van der Waals surface area (Å²) in [4.78, 5) is 2.34. The fourth-order valence-corrected chi connectivity index (χ4v) is 9.96. The van der Waals surface area contributed by atoms with Crippen LogP contribution in [-0.4, -0.2) is 4.57 Å². The first-order valence-electron chi connectivity index (χ1n) is 23.3. The van der Waals surface area contributed by atoms with Gasteiger partial charge in [-0.3, -0.25) is 0 Å². The van der Waals surface area contributed by atoms with E-state index in [1.165, 1.54) is 83.0 Å². The summed E-state index contributed by atoms with van der Waals surface area (Å²) in [7, 11) is 0. The van der Waals surface area contributed by atoms with Crippen molar-refractivity contribution in [3.05, 3.63) is 279 Å². The highest BCUT2D eigenvalue weighted by Gasteiger charge is 2.21. The van der Waals surface area contributed by atoms with Gasteiger partial charge in [-0.2, -0.15) is 0 Å². The summed E-state index contributed by atoms with van der Waals surface area (Å²) < 4.78 is 2.47. The van der Waals surface area contributed by atoms with Gasteiger partial charge in [0.2, 0.25) is 0 Å². The van der Waals surface area contributed by atoms with Gasteiger partial charge in [-0.1, -0.05) is 224 Å². The molecular formula is C66H46N2. The molecule has 1 heterocycles. The van der Waals surface area contributed by atoms with Crippen LogP contribution in [0.4, 0.5) is 17.1 Å². The number of para-hydroxylation sites is 1. The zero-order chi connectivity index (χ0) is 45.2. The van der Waals surface area contributed by atoms with E-state index < -0.39 is 0 Å². The van der Waals surface area contributed by atoms with Crippen molar-refractivity contribution in [1.29, 1.82) is 0 Å². The Morgan fingerprint density at radius 1 is 0.206 bits per heavy atom. The molecule has 0 amide bonds. The highest BCUT2D eigenvalue weighted by molar-refractivity contribution is 6.21. The van der Waals surface area contributed by atoms with E-state index in [4.69, 9.17) is 0 Å². The fourth-order valence-electron chi connectivity index (χ4n) is 9.96. The van der Waals surface area contributed by atoms with E-state index in [1.807, 2.05) is 0 Å². The number of fused-ring (bicyclic) bond motifs is 3. The van der Waals surface area contributed by atoms with Crippen molar-refractivity contribution in [3.8, 4) is 72.4 Å². The van der Waals surface area contributed by atoms with Crippen LogP contribution in [0.2, 0.25) is 0 Å². The van der Waals surface area contributed by atoms with Crippen LogP contribution in [0.1, 0.15) is 0 Å². The van der Waals surface area contributed by atoms with E-state index in [0.29, 0.717) is 0 Å². The third-order valence-electron chi connectivity index (χ3n) is 13.3. The Hall–Kier alpha value is -8.98. The number of hydrogen-bond acceptors (Lipinski definition) is 1. The summed E-state index contributed by atoms with van der Waals surface area (Å²) in [5.41, 5.74) is 21.2. The predicted molar refractivity (Wildman–Crippen MR) is 288 cm³/mol. The molecule has 0 N–H and O–H groups in total. The molecule has 0 fully saturated rings. The zero-order valence-corrected chi connectivity index (χ0v) is 37.5. The Bertz CT molecular complexity index is 3470. The average Bonchev–Trinajstić information content (AvgIpc) is 3.77. The Balaban J connectivity index is 0.908. The molecule has 0 spiro atoms. The van der Waals surface area contributed by atoms with Crippen molar-refractivity contribution in [2.75, 3.05) is 4.90 Å². The Kier molecular flexibility index (Phi) is 10.6. The highest BCUT2D eigenvalue weighted by Crippen LogP contribution is 2.45. The van der Waals surface area contributed by atoms with Crippen molar-refractivity contribution in [1.82, 2.24) is 4.57 Å². The maximum absolute atomic E-state index is 2.47. The van der Waals surface area contributed by atoms with E-state index in [9.17, 15) is 0 Å². The van der Waals surface area contributed by atoms with Crippen molar-refractivity contribution in [2.45, 2.75) is 0 Å². The molecular weight excluding hydrogens is 821 g/mol. The molecule has 0 saturated heterocycles. The first-order valence-corrected chi connectivity index (χ1v) is 23.3. The first kappa shape index (κ1) is 40.5. The molecule has 2 heteroatoms. The van der Waals surface area contributed by atoms with Crippen molar-refractivity contribution < 1.29 is 0 Å². The minimum absolute atomic E-state index is 1.09. The third kappa shape index (κ3) is 7.54. The third-order valence-corrected chi connectivity index (χ3v) is 13.3. The van der Waals surface area contributed by atoms with E-state index in [-0.39, 0.29) is 0 Å². The van der Waals surface area contributed by atoms with E-state index >= 15 is 0 Å². The molecule has 0 unspecified atom stereocenters. The molecule has 0 atom stereocenters. The maximum atomic E-state index is 2.47. The Morgan fingerprint density at radius 3 is 0.882 bits per heavy atom. The Morgan fingerprint density at radius 2 is 0.485 bits per heavy atom.